The predicted octanol–water partition coefficient (Wildman–Crippen LogP) is 6.27. The van der Waals surface area contributed by atoms with Crippen LogP contribution in [0.4, 0.5) is 35.9 Å². The molecule has 13 nitrogen and oxygen atoms in total. The summed E-state index contributed by atoms with van der Waals surface area (Å²) in [5.41, 5.74) is -2.09. The monoisotopic (exact) mass is 868 g/mol. The van der Waals surface area contributed by atoms with Gasteiger partial charge in [0, 0.05) is 66.9 Å². The zero-order valence-electron chi connectivity index (χ0n) is 34.0. The molecule has 4 amide bonds. The van der Waals surface area contributed by atoms with E-state index in [0.717, 1.165) is 17.7 Å². The summed E-state index contributed by atoms with van der Waals surface area (Å²) in [6.07, 6.45) is -3.60. The van der Waals surface area contributed by atoms with Crippen molar-refractivity contribution in [2.75, 3.05) is 59.8 Å². The molecule has 320 valence electrons. The van der Waals surface area contributed by atoms with Crippen LogP contribution < -0.4 is 30.5 Å². The molecule has 3 heterocycles. The van der Waals surface area contributed by atoms with Crippen LogP contribution in [-0.2, 0) is 31.8 Å². The maximum absolute atomic E-state index is 13.8. The number of aryl methyl sites for hydroxylation is 1. The number of carbonyl (C=O) groups is 4. The molecule has 0 saturated carbocycles. The Morgan fingerprint density at radius 3 is 2.35 bits per heavy atom. The van der Waals surface area contributed by atoms with Crippen molar-refractivity contribution in [2.24, 2.45) is 0 Å². The van der Waals surface area contributed by atoms with Crippen LogP contribution in [0.3, 0.4) is 0 Å². The van der Waals surface area contributed by atoms with E-state index >= 15 is 0 Å². The number of halogens is 4. The summed E-state index contributed by atoms with van der Waals surface area (Å²) in [5.74, 6) is -0.708. The molecule has 60 heavy (non-hydrogen) atoms. The second kappa shape index (κ2) is 17.5. The van der Waals surface area contributed by atoms with Crippen LogP contribution in [-0.4, -0.2) is 95.4 Å². The number of piperidine rings is 1. The average Bonchev–Trinajstić information content (AvgIpc) is 3.37. The van der Waals surface area contributed by atoms with Gasteiger partial charge in [0.15, 0.2) is 5.50 Å². The Bertz CT molecular complexity index is 2210. The van der Waals surface area contributed by atoms with E-state index in [1.807, 2.05) is 32.9 Å². The third-order valence-electron chi connectivity index (χ3n) is 11.3. The number of nitriles is 1. The number of alkyl halides is 3. The highest BCUT2D eigenvalue weighted by Gasteiger charge is 2.52. The van der Waals surface area contributed by atoms with Crippen molar-refractivity contribution in [3.63, 3.8) is 0 Å². The molecule has 3 aromatic rings. The summed E-state index contributed by atoms with van der Waals surface area (Å²) in [7, 11) is 0. The third kappa shape index (κ3) is 9.31. The fraction of sp³-hybridized carbons (Fsp3) is 0.452. The van der Waals surface area contributed by atoms with E-state index in [1.54, 1.807) is 49.1 Å². The van der Waals surface area contributed by atoms with Gasteiger partial charge < -0.3 is 20.3 Å². The number of hydrogen-bond acceptors (Lipinski definition) is 11. The summed E-state index contributed by atoms with van der Waals surface area (Å²) < 4.78 is 47.7. The molecule has 0 bridgehead atoms. The first-order valence-corrected chi connectivity index (χ1v) is 20.5. The highest BCUT2D eigenvalue weighted by molar-refractivity contribution is 7.81. The van der Waals surface area contributed by atoms with Gasteiger partial charge >= 0.3 is 6.18 Å². The topological polar surface area (TPSA) is 150 Å². The summed E-state index contributed by atoms with van der Waals surface area (Å²) >= 11 is 11.1. The molecule has 3 aliphatic heterocycles. The average molecular weight is 869 g/mol. The Morgan fingerprint density at radius 1 is 1.02 bits per heavy atom. The smallest absolute Gasteiger partial charge is 0.417 e. The fourth-order valence-corrected chi connectivity index (χ4v) is 8.68. The lowest BCUT2D eigenvalue weighted by molar-refractivity contribution is -0.138. The zero-order chi connectivity index (χ0) is 43.7. The van der Waals surface area contributed by atoms with Crippen LogP contribution in [0.1, 0.15) is 64.2 Å². The molecule has 0 aromatic heterocycles. The zero-order valence-corrected chi connectivity index (χ0v) is 35.6. The van der Waals surface area contributed by atoms with Crippen LogP contribution in [0.25, 0.3) is 0 Å². The number of nitrogens with one attached hydrogen (secondary N) is 3. The molecule has 3 fully saturated rings. The minimum absolute atomic E-state index is 0.0144. The molecular weight excluding hydrogens is 821 g/mol. The van der Waals surface area contributed by atoms with Gasteiger partial charge in [0.25, 0.3) is 5.91 Å². The van der Waals surface area contributed by atoms with Gasteiger partial charge in [-0.2, -0.15) is 18.4 Å². The number of nitrogens with zero attached hydrogens (tertiary/aromatic N) is 5. The van der Waals surface area contributed by atoms with Gasteiger partial charge in [-0.3, -0.25) is 39.2 Å². The minimum atomic E-state index is -4.78. The summed E-state index contributed by atoms with van der Waals surface area (Å²) in [6, 6.07) is 14.7. The van der Waals surface area contributed by atoms with Gasteiger partial charge in [0.2, 0.25) is 17.7 Å². The molecule has 0 radical (unpaired) electrons. The first-order chi connectivity index (χ1) is 28.2. The van der Waals surface area contributed by atoms with Crippen molar-refractivity contribution in [1.29, 1.82) is 5.26 Å². The maximum Gasteiger partial charge on any atom is 0.417 e. The number of ether oxygens (including phenoxy) is 1. The lowest BCUT2D eigenvalue weighted by atomic mass is 10.00. The van der Waals surface area contributed by atoms with Gasteiger partial charge in [0.05, 0.1) is 22.7 Å². The van der Waals surface area contributed by atoms with Gasteiger partial charge in [-0.05, 0) is 101 Å². The molecule has 2 unspecified atom stereocenters. The number of benzene rings is 3. The van der Waals surface area contributed by atoms with Crippen molar-refractivity contribution in [2.45, 2.75) is 82.7 Å². The summed E-state index contributed by atoms with van der Waals surface area (Å²) in [4.78, 5) is 58.5. The van der Waals surface area contributed by atoms with Gasteiger partial charge in [-0.15, -0.1) is 12.6 Å². The van der Waals surface area contributed by atoms with Crippen LogP contribution >= 0.6 is 24.2 Å². The second-order valence-corrected chi connectivity index (χ2v) is 16.9. The molecule has 3 saturated heterocycles. The quantitative estimate of drug-likeness (QED) is 0.121. The van der Waals surface area contributed by atoms with Crippen molar-refractivity contribution < 1.29 is 37.1 Å². The minimum Gasteiger partial charge on any atom is -0.492 e. The summed E-state index contributed by atoms with van der Waals surface area (Å²) in [5, 5.41) is 18.0. The Kier molecular flexibility index (Phi) is 13.0. The van der Waals surface area contributed by atoms with Crippen molar-refractivity contribution in [3.8, 4) is 11.8 Å². The number of thiol groups is 1. The van der Waals surface area contributed by atoms with Gasteiger partial charge in [-0.25, -0.2) is 0 Å². The lowest BCUT2D eigenvalue weighted by Crippen LogP contribution is -2.59. The van der Waals surface area contributed by atoms with E-state index in [2.05, 4.69) is 25.8 Å². The van der Waals surface area contributed by atoms with Crippen LogP contribution in [0, 0.1) is 11.3 Å². The van der Waals surface area contributed by atoms with Crippen LogP contribution in [0.15, 0.2) is 54.6 Å². The highest BCUT2D eigenvalue weighted by atomic mass is 35.5. The molecule has 6 rings (SSSR count). The van der Waals surface area contributed by atoms with E-state index in [-0.39, 0.29) is 23.9 Å². The lowest BCUT2D eigenvalue weighted by Gasteiger charge is -2.43. The normalized spacial score (nSPS) is 20.2. The molecule has 0 aliphatic carbocycles. The molecule has 3 aromatic carbocycles. The Morgan fingerprint density at radius 2 is 1.70 bits per heavy atom. The number of imide groups is 1. The Hall–Kier alpha value is -5.02. The first-order valence-electron chi connectivity index (χ1n) is 19.6. The van der Waals surface area contributed by atoms with E-state index in [9.17, 15) is 37.6 Å². The molecule has 3 N–H and O–H groups in total. The highest BCUT2D eigenvalue weighted by Crippen LogP contribution is 2.43. The van der Waals surface area contributed by atoms with Gasteiger partial charge in [-0.1, -0.05) is 18.5 Å². The standard InChI is InChI=1S/C42H48ClF3N8O5S/c1-6-25-19-31(54-39(60)53(38(58)41(54,4)5)30-8-7-26(24-47)32(23-30)42(44,45)46)9-11-34(25)59-18-17-51-13-15-52(16-14-51)40(2,3)37(57)49-29-21-27(43)20-28(22-29)48-33-10-12-35(55)50-36(33)56/h7-9,11,19-23,33,39,48,60H,6,10,12-18H2,1-5H3,(H,49,57)(H,50,55,56). The Labute approximate surface area is 357 Å². The first kappa shape index (κ1) is 44.5. The van der Waals surface area contributed by atoms with Crippen LogP contribution in [0.5, 0.6) is 5.75 Å². The Balaban J connectivity index is 1.03. The number of piperazine rings is 1. The SMILES string of the molecule is CCc1cc(N2C(S)N(c3ccc(C#N)c(C(F)(F)F)c3)C(=O)C2(C)C)ccc1OCCN1CCN(C(C)(C)C(=O)Nc2cc(Cl)cc(NC3CCC(=O)NC3=O)c2)CC1. The molecule has 2 atom stereocenters. The number of carbonyl (C=O) groups excluding carboxylic acids is 4. The molecular formula is C42H48ClF3N8O5S. The number of anilines is 4. The molecule has 0 spiro atoms. The second-order valence-electron chi connectivity index (χ2n) is 16.0. The number of rotatable bonds is 12. The van der Waals surface area contributed by atoms with Crippen molar-refractivity contribution >= 4 is 70.6 Å². The largest absolute Gasteiger partial charge is 0.492 e. The predicted molar refractivity (Wildman–Crippen MR) is 226 cm³/mol. The van der Waals surface area contributed by atoms with E-state index in [0.29, 0.717) is 80.0 Å². The van der Waals surface area contributed by atoms with Crippen LogP contribution in [0.2, 0.25) is 5.02 Å². The fourth-order valence-electron chi connectivity index (χ4n) is 7.78. The van der Waals surface area contributed by atoms with Gasteiger partial charge in [0.1, 0.15) is 23.9 Å². The van der Waals surface area contributed by atoms with Crippen molar-refractivity contribution in [3.05, 3.63) is 76.3 Å². The van der Waals surface area contributed by atoms with E-state index in [4.69, 9.17) is 29.0 Å². The summed E-state index contributed by atoms with van der Waals surface area (Å²) in [6.45, 7) is 12.8. The van der Waals surface area contributed by atoms with Crippen molar-refractivity contribution in [1.82, 2.24) is 15.1 Å². The number of amides is 4. The third-order valence-corrected chi connectivity index (χ3v) is 12.0. The maximum atomic E-state index is 13.8. The number of hydrogen-bond donors (Lipinski definition) is 4. The van der Waals surface area contributed by atoms with E-state index < -0.39 is 51.7 Å². The molecule has 18 heteroatoms. The van der Waals surface area contributed by atoms with E-state index in [1.165, 1.54) is 11.0 Å². The molecule has 3 aliphatic rings.